The van der Waals surface area contributed by atoms with E-state index in [2.05, 4.69) is 0 Å². The van der Waals surface area contributed by atoms with E-state index in [1.807, 2.05) is 0 Å². The lowest BCUT2D eigenvalue weighted by molar-refractivity contribution is -0.344. The number of benzene rings is 1. The number of methoxy groups -OCH3 is 1. The van der Waals surface area contributed by atoms with Gasteiger partial charge in [0.2, 0.25) is 6.29 Å². The van der Waals surface area contributed by atoms with Crippen LogP contribution in [0.3, 0.4) is 0 Å². The van der Waals surface area contributed by atoms with Gasteiger partial charge >= 0.3 is 5.97 Å². The zero-order chi connectivity index (χ0) is 26.3. The molecular formula is C25H30O12. The van der Waals surface area contributed by atoms with Crippen molar-refractivity contribution in [3.05, 3.63) is 48.2 Å². The summed E-state index contributed by atoms with van der Waals surface area (Å²) in [6.07, 6.45) is -3.94. The molecule has 4 aliphatic rings. The zero-order valence-electron chi connectivity index (χ0n) is 19.9. The molecule has 1 aliphatic carbocycles. The lowest BCUT2D eigenvalue weighted by Gasteiger charge is -2.43. The molecule has 0 bridgehead atoms. The Labute approximate surface area is 212 Å². The predicted octanol–water partition coefficient (Wildman–Crippen LogP) is -1.32. The standard InChI is InChI=1S/C25H30O12/c1-32-13-5-2-12(3-6-13)4-7-16(28)35-21-14-8-9-33-23(17(14)25(11-27)22(21)37-25)36-24-20(31)19(30)18(29)15(10-26)34-24/h2-9,14-15,17-24,26-27,29-31H,10-11H2,1H3/t14?,15-,17?,18-,19+,20+,21+,22+,23?,24+,25-/m1/s1. The molecule has 5 N–H and O–H groups in total. The van der Waals surface area contributed by atoms with Crippen LogP contribution in [0.25, 0.3) is 6.08 Å². The van der Waals surface area contributed by atoms with Crippen LogP contribution in [0.5, 0.6) is 5.75 Å². The summed E-state index contributed by atoms with van der Waals surface area (Å²) in [5, 5.41) is 50.1. The maximum atomic E-state index is 12.6. The van der Waals surface area contributed by atoms with Crippen LogP contribution in [-0.2, 0) is 28.5 Å². The monoisotopic (exact) mass is 522 g/mol. The van der Waals surface area contributed by atoms with E-state index >= 15 is 0 Å². The third kappa shape index (κ3) is 4.64. The number of aliphatic hydroxyl groups is 5. The first kappa shape index (κ1) is 26.1. The smallest absolute Gasteiger partial charge is 0.331 e. The first-order chi connectivity index (χ1) is 17.8. The van der Waals surface area contributed by atoms with Crippen LogP contribution in [0, 0.1) is 11.8 Å². The van der Waals surface area contributed by atoms with Crippen molar-refractivity contribution in [2.24, 2.45) is 11.8 Å². The van der Waals surface area contributed by atoms with Crippen molar-refractivity contribution in [2.75, 3.05) is 20.3 Å². The molecule has 12 nitrogen and oxygen atoms in total. The largest absolute Gasteiger partial charge is 0.497 e. The molecule has 0 aromatic heterocycles. The summed E-state index contributed by atoms with van der Waals surface area (Å²) in [5.74, 6) is -1.01. The van der Waals surface area contributed by atoms with Crippen molar-refractivity contribution in [1.82, 2.24) is 0 Å². The SMILES string of the molecule is COc1ccc(C=CC(=O)O[C@H]2C3C=COC(O[C@@H]4O[C@H](CO)[C@@H](O)[C@H](O)[C@@H]4O)C3[C@@]3(CO)O[C@@H]23)cc1. The number of epoxide rings is 1. The topological polar surface area (TPSA) is 177 Å². The zero-order valence-corrected chi connectivity index (χ0v) is 19.9. The van der Waals surface area contributed by atoms with Crippen molar-refractivity contribution in [3.63, 3.8) is 0 Å². The first-order valence-electron chi connectivity index (χ1n) is 11.9. The van der Waals surface area contributed by atoms with Gasteiger partial charge < -0.3 is 54.0 Å². The van der Waals surface area contributed by atoms with Gasteiger partial charge in [0.05, 0.1) is 32.5 Å². The second-order valence-corrected chi connectivity index (χ2v) is 9.43. The first-order valence-corrected chi connectivity index (χ1v) is 11.9. The summed E-state index contributed by atoms with van der Waals surface area (Å²) in [6, 6.07) is 7.11. The van der Waals surface area contributed by atoms with Gasteiger partial charge in [-0.05, 0) is 29.8 Å². The highest BCUT2D eigenvalue weighted by Crippen LogP contribution is 2.60. The quantitative estimate of drug-likeness (QED) is 0.155. The second-order valence-electron chi connectivity index (χ2n) is 9.43. The van der Waals surface area contributed by atoms with Crippen LogP contribution in [0.4, 0.5) is 0 Å². The second kappa shape index (κ2) is 10.3. The van der Waals surface area contributed by atoms with Gasteiger partial charge in [-0.15, -0.1) is 0 Å². The molecule has 0 radical (unpaired) electrons. The van der Waals surface area contributed by atoms with Crippen LogP contribution in [0.1, 0.15) is 5.56 Å². The van der Waals surface area contributed by atoms with E-state index in [1.54, 1.807) is 43.5 Å². The van der Waals surface area contributed by atoms with Crippen LogP contribution in [0.2, 0.25) is 0 Å². The Balaban J connectivity index is 1.28. The minimum Gasteiger partial charge on any atom is -0.497 e. The molecular weight excluding hydrogens is 492 g/mol. The van der Waals surface area contributed by atoms with Crippen LogP contribution < -0.4 is 4.74 Å². The van der Waals surface area contributed by atoms with Gasteiger partial charge in [0.1, 0.15) is 48.0 Å². The van der Waals surface area contributed by atoms with Gasteiger partial charge in [0.15, 0.2) is 6.29 Å². The van der Waals surface area contributed by atoms with Gasteiger partial charge in [-0.1, -0.05) is 12.1 Å². The molecule has 1 aromatic rings. The predicted molar refractivity (Wildman–Crippen MR) is 122 cm³/mol. The van der Waals surface area contributed by atoms with E-state index in [4.69, 9.17) is 28.4 Å². The number of aliphatic hydroxyl groups excluding tert-OH is 5. The van der Waals surface area contributed by atoms with E-state index < -0.39 is 85.8 Å². The highest BCUT2D eigenvalue weighted by atomic mass is 16.8. The maximum Gasteiger partial charge on any atom is 0.331 e. The fourth-order valence-corrected chi connectivity index (χ4v) is 5.34. The Morgan fingerprint density at radius 3 is 2.51 bits per heavy atom. The molecule has 12 heteroatoms. The van der Waals surface area contributed by atoms with Crippen molar-refractivity contribution >= 4 is 12.0 Å². The van der Waals surface area contributed by atoms with E-state index in [9.17, 15) is 30.3 Å². The molecule has 202 valence electrons. The normalized spacial score (nSPS) is 42.1. The molecule has 3 aliphatic heterocycles. The maximum absolute atomic E-state index is 12.6. The summed E-state index contributed by atoms with van der Waals surface area (Å²) >= 11 is 0. The lowest BCUT2D eigenvalue weighted by atomic mass is 9.85. The van der Waals surface area contributed by atoms with Crippen molar-refractivity contribution < 1.29 is 58.7 Å². The Bertz CT molecular complexity index is 1030. The van der Waals surface area contributed by atoms with Gasteiger partial charge in [0.25, 0.3) is 0 Å². The van der Waals surface area contributed by atoms with Crippen LogP contribution >= 0.6 is 0 Å². The summed E-state index contributed by atoms with van der Waals surface area (Å²) in [6.45, 7) is -1.02. The number of esters is 1. The summed E-state index contributed by atoms with van der Waals surface area (Å²) < 4.78 is 33.5. The lowest BCUT2D eigenvalue weighted by Crippen LogP contribution is -2.60. The Hall–Kier alpha value is -2.55. The summed E-state index contributed by atoms with van der Waals surface area (Å²) in [4.78, 5) is 12.6. The molecule has 3 fully saturated rings. The number of carbonyl (C=O) groups is 1. The fraction of sp³-hybridized carbons (Fsp3) is 0.560. The molecule has 3 unspecified atom stereocenters. The van der Waals surface area contributed by atoms with E-state index in [1.165, 1.54) is 12.3 Å². The molecule has 11 atom stereocenters. The minimum atomic E-state index is -1.63. The van der Waals surface area contributed by atoms with E-state index in [0.717, 1.165) is 5.56 Å². The molecule has 3 heterocycles. The van der Waals surface area contributed by atoms with Gasteiger partial charge in [0, 0.05) is 12.0 Å². The van der Waals surface area contributed by atoms with E-state index in [-0.39, 0.29) is 0 Å². The summed E-state index contributed by atoms with van der Waals surface area (Å²) in [7, 11) is 1.56. The molecule has 0 amide bonds. The third-order valence-corrected chi connectivity index (χ3v) is 7.38. The number of hydrogen-bond acceptors (Lipinski definition) is 12. The van der Waals surface area contributed by atoms with Gasteiger partial charge in [-0.2, -0.15) is 0 Å². The van der Waals surface area contributed by atoms with Crippen molar-refractivity contribution in [1.29, 1.82) is 0 Å². The fourth-order valence-electron chi connectivity index (χ4n) is 5.34. The molecule has 37 heavy (non-hydrogen) atoms. The Morgan fingerprint density at radius 1 is 1.08 bits per heavy atom. The molecule has 1 aromatic carbocycles. The Morgan fingerprint density at radius 2 is 1.84 bits per heavy atom. The number of carbonyl (C=O) groups excluding carboxylic acids is 1. The van der Waals surface area contributed by atoms with Crippen LogP contribution in [-0.4, -0.2) is 107 Å². The highest BCUT2D eigenvalue weighted by molar-refractivity contribution is 5.87. The molecule has 5 rings (SSSR count). The number of fused-ring (bicyclic) bond motifs is 3. The van der Waals surface area contributed by atoms with Crippen LogP contribution in [0.15, 0.2) is 42.7 Å². The number of rotatable bonds is 8. The van der Waals surface area contributed by atoms with Crippen molar-refractivity contribution in [3.8, 4) is 5.75 Å². The van der Waals surface area contributed by atoms with Gasteiger partial charge in [-0.3, -0.25) is 0 Å². The van der Waals surface area contributed by atoms with Crippen molar-refractivity contribution in [2.45, 2.75) is 54.8 Å². The molecule has 1 saturated carbocycles. The number of ether oxygens (including phenoxy) is 6. The average molecular weight is 523 g/mol. The van der Waals surface area contributed by atoms with Gasteiger partial charge in [-0.25, -0.2) is 4.79 Å². The third-order valence-electron chi connectivity index (χ3n) is 7.38. The summed E-state index contributed by atoms with van der Waals surface area (Å²) in [5.41, 5.74) is -0.341. The Kier molecular flexibility index (Phi) is 7.27. The molecule has 0 spiro atoms. The van der Waals surface area contributed by atoms with E-state index in [0.29, 0.717) is 5.75 Å². The molecule has 2 saturated heterocycles. The average Bonchev–Trinajstić information content (AvgIpc) is 3.60. The number of hydrogen-bond donors (Lipinski definition) is 5. The highest BCUT2D eigenvalue weighted by Gasteiger charge is 2.77. The minimum absolute atomic E-state index is 0.402.